The molecule has 1 aliphatic heterocycles. The molecule has 1 saturated carbocycles. The maximum Gasteiger partial charge on any atom is 0.245 e. The predicted molar refractivity (Wildman–Crippen MR) is 93.4 cm³/mol. The Kier molecular flexibility index (Phi) is 5.23. The average molecular weight is 354 g/mol. The largest absolute Gasteiger partial charge is 0.492 e. The van der Waals surface area contributed by atoms with Gasteiger partial charge in [0.15, 0.2) is 5.11 Å². The molecule has 23 heavy (non-hydrogen) atoms. The summed E-state index contributed by atoms with van der Waals surface area (Å²) in [6, 6.07) is 5.88. The summed E-state index contributed by atoms with van der Waals surface area (Å²) in [6.07, 6.45) is 5.32. The van der Waals surface area contributed by atoms with Crippen molar-refractivity contribution in [1.82, 2.24) is 16.2 Å². The number of halogens is 1. The third-order valence-corrected chi connectivity index (χ3v) is 4.74. The second-order valence-electron chi connectivity index (χ2n) is 6.03. The van der Waals surface area contributed by atoms with E-state index in [1.54, 1.807) is 6.07 Å². The molecule has 2 aliphatic rings. The first-order valence-electron chi connectivity index (χ1n) is 7.89. The molecule has 0 unspecified atom stereocenters. The van der Waals surface area contributed by atoms with Gasteiger partial charge in [-0.3, -0.25) is 15.6 Å². The Morgan fingerprint density at radius 3 is 2.83 bits per heavy atom. The molecule has 7 heteroatoms. The van der Waals surface area contributed by atoms with Gasteiger partial charge in [0.2, 0.25) is 5.91 Å². The second kappa shape index (κ2) is 7.36. The lowest BCUT2D eigenvalue weighted by atomic mass is 9.96. The van der Waals surface area contributed by atoms with Gasteiger partial charge in [-0.1, -0.05) is 24.4 Å². The van der Waals surface area contributed by atoms with Crippen LogP contribution in [0.4, 0.5) is 0 Å². The van der Waals surface area contributed by atoms with Gasteiger partial charge in [-0.05, 0) is 55.2 Å². The molecule has 3 rings (SSSR count). The fourth-order valence-corrected chi connectivity index (χ4v) is 3.46. The Morgan fingerprint density at radius 1 is 1.26 bits per heavy atom. The minimum Gasteiger partial charge on any atom is -0.492 e. The van der Waals surface area contributed by atoms with Gasteiger partial charge in [0.25, 0.3) is 0 Å². The maximum atomic E-state index is 12.3. The molecule has 0 aromatic heterocycles. The minimum absolute atomic E-state index is 0.133. The van der Waals surface area contributed by atoms with Crippen LogP contribution in [0, 0.1) is 5.92 Å². The molecule has 1 amide bonds. The number of amides is 1. The number of benzene rings is 1. The quantitative estimate of drug-likeness (QED) is 0.562. The van der Waals surface area contributed by atoms with Crippen LogP contribution in [0.3, 0.4) is 0 Å². The predicted octanol–water partition coefficient (Wildman–Crippen LogP) is 2.33. The molecule has 1 aromatic rings. The summed E-state index contributed by atoms with van der Waals surface area (Å²) >= 11 is 11.2. The van der Waals surface area contributed by atoms with Crippen LogP contribution in [0.5, 0.6) is 5.75 Å². The number of carbonyl (C=O) groups excluding carboxylic acids is 1. The molecule has 1 fully saturated rings. The topological polar surface area (TPSA) is 62.4 Å². The molecule has 1 aromatic carbocycles. The molecule has 1 heterocycles. The number of fused-ring (bicyclic) bond motifs is 1. The van der Waals surface area contributed by atoms with E-state index in [1.807, 2.05) is 12.1 Å². The van der Waals surface area contributed by atoms with Gasteiger partial charge in [0, 0.05) is 11.1 Å². The van der Waals surface area contributed by atoms with E-state index >= 15 is 0 Å². The first-order valence-corrected chi connectivity index (χ1v) is 8.68. The second-order valence-corrected chi connectivity index (χ2v) is 6.88. The van der Waals surface area contributed by atoms with Crippen molar-refractivity contribution in [3.8, 4) is 5.75 Å². The Hall–Kier alpha value is -1.53. The van der Waals surface area contributed by atoms with Crippen LogP contribution in [0.15, 0.2) is 18.2 Å². The van der Waals surface area contributed by atoms with Crippen molar-refractivity contribution in [2.24, 2.45) is 5.92 Å². The highest BCUT2D eigenvalue weighted by Crippen LogP contribution is 2.29. The van der Waals surface area contributed by atoms with Crippen LogP contribution in [-0.2, 0) is 11.2 Å². The van der Waals surface area contributed by atoms with E-state index in [0.717, 1.165) is 24.2 Å². The summed E-state index contributed by atoms with van der Waals surface area (Å²) in [5, 5.41) is 4.33. The molecule has 0 radical (unpaired) electrons. The standard InChI is InChI=1S/C16H20ClN3O2S/c17-12-5-6-14-10(8-12)7-11(9-22-14)15(21)19-20-16(23)18-13-3-1-2-4-13/h5-6,8,11,13H,1-4,7,9H2,(H,19,21)(H2,18,20,23)/t11-/m0/s1. The monoisotopic (exact) mass is 353 g/mol. The first kappa shape index (κ1) is 16.3. The van der Waals surface area contributed by atoms with Gasteiger partial charge in [0.1, 0.15) is 12.4 Å². The fourth-order valence-electron chi connectivity index (χ4n) is 3.04. The summed E-state index contributed by atoms with van der Waals surface area (Å²) in [5.74, 6) is 0.402. The van der Waals surface area contributed by atoms with Crippen molar-refractivity contribution >= 4 is 34.8 Å². The summed E-state index contributed by atoms with van der Waals surface area (Å²) in [5.41, 5.74) is 6.40. The van der Waals surface area contributed by atoms with E-state index in [9.17, 15) is 4.79 Å². The number of hydrogen-bond donors (Lipinski definition) is 3. The van der Waals surface area contributed by atoms with Crippen molar-refractivity contribution in [2.45, 2.75) is 38.1 Å². The molecule has 5 nitrogen and oxygen atoms in total. The number of hydrogen-bond acceptors (Lipinski definition) is 3. The van der Waals surface area contributed by atoms with E-state index in [1.165, 1.54) is 12.8 Å². The Balaban J connectivity index is 1.48. The summed E-state index contributed by atoms with van der Waals surface area (Å²) < 4.78 is 5.63. The summed E-state index contributed by atoms with van der Waals surface area (Å²) in [7, 11) is 0. The van der Waals surface area contributed by atoms with Gasteiger partial charge in [0.05, 0.1) is 5.92 Å². The smallest absolute Gasteiger partial charge is 0.245 e. The van der Waals surface area contributed by atoms with Gasteiger partial charge in [-0.15, -0.1) is 0 Å². The van der Waals surface area contributed by atoms with E-state index in [0.29, 0.717) is 29.2 Å². The molecular weight excluding hydrogens is 334 g/mol. The van der Waals surface area contributed by atoms with Crippen LogP contribution < -0.4 is 20.9 Å². The van der Waals surface area contributed by atoms with Gasteiger partial charge >= 0.3 is 0 Å². The van der Waals surface area contributed by atoms with Crippen molar-refractivity contribution in [3.05, 3.63) is 28.8 Å². The maximum absolute atomic E-state index is 12.3. The highest BCUT2D eigenvalue weighted by molar-refractivity contribution is 7.80. The lowest BCUT2D eigenvalue weighted by Gasteiger charge is -2.25. The molecule has 1 atom stereocenters. The lowest BCUT2D eigenvalue weighted by molar-refractivity contribution is -0.126. The van der Waals surface area contributed by atoms with E-state index in [-0.39, 0.29) is 11.8 Å². The van der Waals surface area contributed by atoms with Crippen molar-refractivity contribution in [1.29, 1.82) is 0 Å². The molecule has 124 valence electrons. The van der Waals surface area contributed by atoms with E-state index < -0.39 is 0 Å². The lowest BCUT2D eigenvalue weighted by Crippen LogP contribution is -2.51. The highest BCUT2D eigenvalue weighted by Gasteiger charge is 2.26. The van der Waals surface area contributed by atoms with Crippen molar-refractivity contribution in [2.75, 3.05) is 6.61 Å². The van der Waals surface area contributed by atoms with Crippen LogP contribution in [0.25, 0.3) is 0 Å². The van der Waals surface area contributed by atoms with E-state index in [2.05, 4.69) is 16.2 Å². The van der Waals surface area contributed by atoms with Gasteiger partial charge in [-0.2, -0.15) is 0 Å². The van der Waals surface area contributed by atoms with Crippen LogP contribution in [-0.4, -0.2) is 23.7 Å². The molecule has 0 bridgehead atoms. The zero-order chi connectivity index (χ0) is 16.2. The molecule has 3 N–H and O–H groups in total. The third kappa shape index (κ3) is 4.26. The number of nitrogens with one attached hydrogen (secondary N) is 3. The molecule has 1 aliphatic carbocycles. The average Bonchev–Trinajstić information content (AvgIpc) is 3.04. The Labute approximate surface area is 146 Å². The van der Waals surface area contributed by atoms with E-state index in [4.69, 9.17) is 28.6 Å². The number of carbonyl (C=O) groups is 1. The Morgan fingerprint density at radius 2 is 2.04 bits per heavy atom. The summed E-state index contributed by atoms with van der Waals surface area (Å²) in [4.78, 5) is 12.3. The Bertz CT molecular complexity index is 605. The SMILES string of the molecule is O=C(NNC(=S)NC1CCCC1)[C@@H]1COc2ccc(Cl)cc2C1. The third-order valence-electron chi connectivity index (χ3n) is 4.29. The minimum atomic E-state index is -0.261. The molecule has 0 saturated heterocycles. The van der Waals surface area contributed by atoms with Crippen LogP contribution in [0.1, 0.15) is 31.2 Å². The number of ether oxygens (including phenoxy) is 1. The van der Waals surface area contributed by atoms with Gasteiger partial charge < -0.3 is 10.1 Å². The molecular formula is C16H20ClN3O2S. The van der Waals surface area contributed by atoms with Crippen LogP contribution in [0.2, 0.25) is 5.02 Å². The van der Waals surface area contributed by atoms with Gasteiger partial charge in [-0.25, -0.2) is 0 Å². The zero-order valence-corrected chi connectivity index (χ0v) is 14.3. The normalized spacial score (nSPS) is 20.3. The zero-order valence-electron chi connectivity index (χ0n) is 12.7. The fraction of sp³-hybridized carbons (Fsp3) is 0.500. The van der Waals surface area contributed by atoms with Crippen molar-refractivity contribution in [3.63, 3.8) is 0 Å². The molecule has 0 spiro atoms. The number of thiocarbonyl (C=S) groups is 1. The number of hydrazine groups is 1. The summed E-state index contributed by atoms with van der Waals surface area (Å²) in [6.45, 7) is 0.352. The highest BCUT2D eigenvalue weighted by atomic mass is 35.5. The van der Waals surface area contributed by atoms with Crippen LogP contribution >= 0.6 is 23.8 Å². The number of rotatable bonds is 2. The first-order chi connectivity index (χ1) is 11.1. The van der Waals surface area contributed by atoms with Crippen molar-refractivity contribution < 1.29 is 9.53 Å².